The second-order valence-corrected chi connectivity index (χ2v) is 3.80. The van der Waals surface area contributed by atoms with Crippen LogP contribution in [0.15, 0.2) is 0 Å². The molecule has 0 saturated heterocycles. The van der Waals surface area contributed by atoms with E-state index in [4.69, 9.17) is 0 Å². The van der Waals surface area contributed by atoms with Crippen LogP contribution < -0.4 is 0 Å². The highest BCUT2D eigenvalue weighted by atomic mass is 16.3. The Labute approximate surface area is 59.7 Å². The molecule has 0 saturated carbocycles. The van der Waals surface area contributed by atoms with E-state index in [9.17, 15) is 10.2 Å². The summed E-state index contributed by atoms with van der Waals surface area (Å²) in [6, 6.07) is 0. The fourth-order valence-corrected chi connectivity index (χ4v) is 1.06. The van der Waals surface area contributed by atoms with Crippen LogP contribution in [0, 0.1) is 0 Å². The average molecular weight is 123 g/mol. The number of hydrogen-bond acceptors (Lipinski definition) is 2. The first-order chi connectivity index (χ1) is 3.71. The van der Waals surface area contributed by atoms with Crippen LogP contribution in [0.25, 0.3) is 0 Å². The molecule has 9 heavy (non-hydrogen) atoms. The smallest absolute Gasteiger partial charge is 0.131 e. The lowest BCUT2D eigenvalue weighted by Crippen LogP contribution is -2.43. The van der Waals surface area contributed by atoms with E-state index in [-0.39, 0.29) is 0 Å². The molecule has 0 aromatic heterocycles. The molecular formula is C3H12B4O2. The van der Waals surface area contributed by atoms with Crippen LogP contribution in [0.1, 0.15) is 6.42 Å². The van der Waals surface area contributed by atoms with Crippen LogP contribution in [0.5, 0.6) is 0 Å². The van der Waals surface area contributed by atoms with Gasteiger partial charge in [-0.2, -0.15) is 0 Å². The van der Waals surface area contributed by atoms with Crippen molar-refractivity contribution in [2.75, 3.05) is 0 Å². The van der Waals surface area contributed by atoms with Crippen molar-refractivity contribution in [2.45, 2.75) is 17.2 Å². The van der Waals surface area contributed by atoms with Gasteiger partial charge >= 0.3 is 0 Å². The van der Waals surface area contributed by atoms with Gasteiger partial charge in [-0.1, -0.05) is 0 Å². The van der Waals surface area contributed by atoms with E-state index in [0.717, 1.165) is 0 Å². The van der Waals surface area contributed by atoms with Crippen molar-refractivity contribution in [3.05, 3.63) is 0 Å². The Bertz CT molecular complexity index is 79.0. The van der Waals surface area contributed by atoms with E-state index in [1.807, 2.05) is 0 Å². The van der Waals surface area contributed by atoms with E-state index < -0.39 is 10.8 Å². The van der Waals surface area contributed by atoms with Crippen LogP contribution in [0.4, 0.5) is 0 Å². The van der Waals surface area contributed by atoms with Crippen molar-refractivity contribution < 1.29 is 10.2 Å². The molecule has 6 heteroatoms. The minimum atomic E-state index is -0.766. The summed E-state index contributed by atoms with van der Waals surface area (Å²) in [4.78, 5) is 0. The van der Waals surface area contributed by atoms with Crippen molar-refractivity contribution in [1.29, 1.82) is 0 Å². The minimum Gasteiger partial charge on any atom is -0.408 e. The van der Waals surface area contributed by atoms with Gasteiger partial charge in [-0.3, -0.25) is 0 Å². The molecule has 0 unspecified atom stereocenters. The van der Waals surface area contributed by atoms with E-state index in [0.29, 0.717) is 6.42 Å². The zero-order valence-corrected chi connectivity index (χ0v) is 6.60. The third kappa shape index (κ3) is 8.18. The van der Waals surface area contributed by atoms with Crippen LogP contribution in [-0.2, 0) is 0 Å². The van der Waals surface area contributed by atoms with Crippen LogP contribution in [0.3, 0.4) is 0 Å². The molecule has 0 bridgehead atoms. The van der Waals surface area contributed by atoms with Gasteiger partial charge in [0.25, 0.3) is 0 Å². The molecule has 0 aliphatic carbocycles. The molecule has 0 aliphatic heterocycles. The molecular weight excluding hydrogens is 111 g/mol. The minimum absolute atomic E-state index is 0.403. The maximum atomic E-state index is 9.19. The van der Waals surface area contributed by atoms with Gasteiger partial charge in [0, 0.05) is 10.8 Å². The Balaban J connectivity index is 3.75. The Morgan fingerprint density at radius 3 is 1.11 bits per heavy atom. The van der Waals surface area contributed by atoms with E-state index in [1.165, 1.54) is 0 Å². The van der Waals surface area contributed by atoms with Crippen molar-refractivity contribution in [1.82, 2.24) is 0 Å². The van der Waals surface area contributed by atoms with E-state index in [2.05, 4.69) is 0 Å². The molecule has 0 spiro atoms. The molecule has 2 N–H and O–H groups in total. The van der Waals surface area contributed by atoms with Gasteiger partial charge in [-0.05, 0) is 6.42 Å². The maximum Gasteiger partial charge on any atom is 0.131 e. The molecule has 0 amide bonds. The second-order valence-electron chi connectivity index (χ2n) is 3.80. The summed E-state index contributed by atoms with van der Waals surface area (Å²) in [5.74, 6) is 0. The standard InChI is InChI=1S/C3H12B4O2/c4-2(5,8)1-3(6,7)9/h8-9H,1,4-7H2. The Kier molecular flexibility index (Phi) is 2.48. The zero-order valence-electron chi connectivity index (χ0n) is 6.60. The van der Waals surface area contributed by atoms with Crippen LogP contribution >= 0.6 is 0 Å². The van der Waals surface area contributed by atoms with Gasteiger partial charge in [0.1, 0.15) is 31.4 Å². The van der Waals surface area contributed by atoms with Crippen LogP contribution in [-0.4, -0.2) is 52.4 Å². The molecule has 0 atom stereocenters. The lowest BCUT2D eigenvalue weighted by Gasteiger charge is -2.26. The first-order valence-electron chi connectivity index (χ1n) is 3.15. The SMILES string of the molecule is BC(B)(O)CC(B)(B)O. The lowest BCUT2D eigenvalue weighted by atomic mass is 9.52. The van der Waals surface area contributed by atoms with Crippen molar-refractivity contribution in [3.8, 4) is 0 Å². The largest absolute Gasteiger partial charge is 0.408 e. The molecule has 0 heterocycles. The molecule has 0 rings (SSSR count). The topological polar surface area (TPSA) is 40.5 Å². The number of aliphatic hydroxyl groups is 2. The van der Waals surface area contributed by atoms with E-state index in [1.54, 1.807) is 31.4 Å². The first-order valence-corrected chi connectivity index (χ1v) is 3.15. The summed E-state index contributed by atoms with van der Waals surface area (Å²) in [6.45, 7) is 0. The fourth-order valence-electron chi connectivity index (χ4n) is 1.06. The average Bonchev–Trinajstić information content (AvgIpc) is 1.14. The van der Waals surface area contributed by atoms with Gasteiger partial charge < -0.3 is 10.2 Å². The highest BCUT2D eigenvalue weighted by Crippen LogP contribution is 2.08. The maximum absolute atomic E-state index is 9.19. The van der Waals surface area contributed by atoms with E-state index >= 15 is 0 Å². The van der Waals surface area contributed by atoms with Crippen LogP contribution in [0.2, 0.25) is 0 Å². The highest BCUT2D eigenvalue weighted by Gasteiger charge is 2.23. The van der Waals surface area contributed by atoms with Crippen molar-refractivity contribution in [2.24, 2.45) is 0 Å². The molecule has 0 aromatic carbocycles. The third-order valence-electron chi connectivity index (χ3n) is 0.865. The zero-order chi connectivity index (χ0) is 7.71. The third-order valence-corrected chi connectivity index (χ3v) is 0.865. The predicted molar refractivity (Wildman–Crippen MR) is 48.7 cm³/mol. The summed E-state index contributed by atoms with van der Waals surface area (Å²) in [5, 5.41) is 16.9. The van der Waals surface area contributed by atoms with Gasteiger partial charge in [0.2, 0.25) is 0 Å². The van der Waals surface area contributed by atoms with Gasteiger partial charge in [0.15, 0.2) is 0 Å². The van der Waals surface area contributed by atoms with Gasteiger partial charge in [-0.15, -0.1) is 0 Å². The predicted octanol–water partition coefficient (Wildman–Crippen LogP) is -4.80. The quantitative estimate of drug-likeness (QED) is 0.362. The summed E-state index contributed by atoms with van der Waals surface area (Å²) in [6.07, 6.45) is 0.403. The summed E-state index contributed by atoms with van der Waals surface area (Å²) >= 11 is 0. The Hall–Kier alpha value is 0.180. The molecule has 0 aliphatic rings. The monoisotopic (exact) mass is 124 g/mol. The summed E-state index contributed by atoms with van der Waals surface area (Å²) < 4.78 is 0. The molecule has 0 fully saturated rings. The highest BCUT2D eigenvalue weighted by molar-refractivity contribution is 6.43. The lowest BCUT2D eigenvalue weighted by molar-refractivity contribution is 0.120. The van der Waals surface area contributed by atoms with Gasteiger partial charge in [-0.25, -0.2) is 0 Å². The first kappa shape index (κ1) is 9.18. The van der Waals surface area contributed by atoms with Crippen molar-refractivity contribution >= 4 is 31.4 Å². The van der Waals surface area contributed by atoms with Gasteiger partial charge in [0.05, 0.1) is 0 Å². The molecule has 0 radical (unpaired) electrons. The number of hydrogen-bond donors (Lipinski definition) is 2. The Morgan fingerprint density at radius 2 is 1.11 bits per heavy atom. The normalized spacial score (nSPS) is 13.6. The second kappa shape index (κ2) is 2.43. The summed E-state index contributed by atoms with van der Waals surface area (Å²) in [7, 11) is 6.74. The molecule has 48 valence electrons. The molecule has 2 nitrogen and oxygen atoms in total. The molecule has 0 aromatic rings. The number of rotatable bonds is 2. The Morgan fingerprint density at radius 1 is 0.889 bits per heavy atom. The summed E-state index contributed by atoms with van der Waals surface area (Å²) in [5.41, 5.74) is 0. The van der Waals surface area contributed by atoms with Crippen molar-refractivity contribution in [3.63, 3.8) is 0 Å². The fraction of sp³-hybridized carbons (Fsp3) is 1.00.